The molecule has 45 heavy (non-hydrogen) atoms. The molecule has 5 heterocycles. The summed E-state index contributed by atoms with van der Waals surface area (Å²) in [5.41, 5.74) is 3.99. The highest BCUT2D eigenvalue weighted by Crippen LogP contribution is 2.48. The van der Waals surface area contributed by atoms with E-state index in [0.717, 1.165) is 30.8 Å². The van der Waals surface area contributed by atoms with Crippen LogP contribution in [0.15, 0.2) is 36.4 Å². The lowest BCUT2D eigenvalue weighted by Gasteiger charge is -2.61. The van der Waals surface area contributed by atoms with Gasteiger partial charge in [0.05, 0.1) is 30.0 Å². The second kappa shape index (κ2) is 10.4. The number of anilines is 3. The van der Waals surface area contributed by atoms with Crippen LogP contribution in [0.25, 0.3) is 22.2 Å². The average molecular weight is 629 g/mol. The number of nitriles is 1. The number of carbonyl (C=O) groups excluding carboxylic acids is 1. The van der Waals surface area contributed by atoms with Crippen molar-refractivity contribution in [2.75, 3.05) is 56.2 Å². The monoisotopic (exact) mass is 628 g/mol. The average Bonchev–Trinajstić information content (AvgIpc) is 3.76. The molecule has 1 spiro atoms. The van der Waals surface area contributed by atoms with Gasteiger partial charge in [-0.25, -0.2) is 18.7 Å². The van der Waals surface area contributed by atoms with Crippen molar-refractivity contribution in [2.24, 2.45) is 11.3 Å². The summed E-state index contributed by atoms with van der Waals surface area (Å²) in [7, 11) is 1.83. The molecule has 2 aromatic carbocycles. The zero-order valence-corrected chi connectivity index (χ0v) is 25.4. The van der Waals surface area contributed by atoms with Crippen LogP contribution in [-0.4, -0.2) is 72.3 Å². The van der Waals surface area contributed by atoms with E-state index in [1.54, 1.807) is 12.1 Å². The molecule has 3 aliphatic heterocycles. The second-order valence-electron chi connectivity index (χ2n) is 12.7. The number of fused-ring (bicyclic) bond motifs is 2. The maximum atomic E-state index is 15.9. The van der Waals surface area contributed by atoms with Crippen molar-refractivity contribution in [2.45, 2.75) is 25.4 Å². The molecule has 3 fully saturated rings. The number of ether oxygens (including phenoxy) is 1. The Kier molecular flexibility index (Phi) is 6.57. The Morgan fingerprint density at radius 1 is 1.16 bits per heavy atom. The quantitative estimate of drug-likeness (QED) is 0.332. The molecule has 12 heteroatoms. The van der Waals surface area contributed by atoms with Gasteiger partial charge in [-0.05, 0) is 55.7 Å². The number of nitrogens with zero attached hydrogens (tertiary/aromatic N) is 6. The fourth-order valence-electron chi connectivity index (χ4n) is 7.34. The molecule has 230 valence electrons. The Labute approximate surface area is 262 Å². The van der Waals surface area contributed by atoms with E-state index in [1.165, 1.54) is 29.5 Å². The maximum Gasteiger partial charge on any atom is 0.228 e. The number of aliphatic hydroxyl groups is 1. The number of rotatable bonds is 5. The molecule has 8 rings (SSSR count). The summed E-state index contributed by atoms with van der Waals surface area (Å²) in [4.78, 5) is 28.5. The lowest BCUT2D eigenvalue weighted by atomic mass is 9.72. The first-order valence-corrected chi connectivity index (χ1v) is 15.9. The van der Waals surface area contributed by atoms with E-state index in [1.807, 2.05) is 22.9 Å². The largest absolute Gasteiger partial charge is 0.387 e. The van der Waals surface area contributed by atoms with Gasteiger partial charge in [0.25, 0.3) is 0 Å². The van der Waals surface area contributed by atoms with Crippen LogP contribution >= 0.6 is 11.3 Å². The van der Waals surface area contributed by atoms with Crippen LogP contribution in [0, 0.1) is 34.3 Å². The summed E-state index contributed by atoms with van der Waals surface area (Å²) in [6.45, 7) is 4.01. The maximum absolute atomic E-state index is 15.9. The van der Waals surface area contributed by atoms with Crippen molar-refractivity contribution in [3.8, 4) is 17.3 Å². The van der Waals surface area contributed by atoms with E-state index >= 15 is 4.39 Å². The van der Waals surface area contributed by atoms with Crippen molar-refractivity contribution in [3.63, 3.8) is 0 Å². The Hall–Kier alpha value is -4.18. The number of amides is 1. The zero-order valence-electron chi connectivity index (χ0n) is 24.6. The molecule has 1 amide bonds. The van der Waals surface area contributed by atoms with Gasteiger partial charge in [0.1, 0.15) is 28.0 Å². The molecule has 1 unspecified atom stereocenters. The van der Waals surface area contributed by atoms with E-state index in [0.29, 0.717) is 77.2 Å². The summed E-state index contributed by atoms with van der Waals surface area (Å²) < 4.78 is 34.9. The first-order chi connectivity index (χ1) is 21.7. The summed E-state index contributed by atoms with van der Waals surface area (Å²) in [6.07, 6.45) is 1.02. The fraction of sp³-hybridized carbons (Fsp3) is 0.394. The van der Waals surface area contributed by atoms with Gasteiger partial charge in [0.15, 0.2) is 10.9 Å². The Balaban J connectivity index is 1.13. The van der Waals surface area contributed by atoms with Gasteiger partial charge in [-0.2, -0.15) is 5.26 Å². The number of hydrogen-bond donors (Lipinski definition) is 1. The number of likely N-dealkylation sites (tertiary alicyclic amines) is 1. The SMILES string of the molecule is CN(c1nc(-c2ccc(F)cc2)c(C#N)s1)c1c2c(nc3c(F)cc(N4CC5(CN(C(=O)[C@@H]6CCOC6)C5)C4)cc13)C(O)CC2. The lowest BCUT2D eigenvalue weighted by molar-refractivity contribution is -0.149. The van der Waals surface area contributed by atoms with Gasteiger partial charge in [-0.1, -0.05) is 11.3 Å². The molecule has 4 aromatic rings. The van der Waals surface area contributed by atoms with Gasteiger partial charge >= 0.3 is 0 Å². The minimum Gasteiger partial charge on any atom is -0.387 e. The normalized spacial score (nSPS) is 21.5. The molecular formula is C33H30F2N6O3S. The van der Waals surface area contributed by atoms with Gasteiger partial charge in [-0.3, -0.25) is 4.79 Å². The van der Waals surface area contributed by atoms with Crippen molar-refractivity contribution in [3.05, 3.63) is 64.2 Å². The van der Waals surface area contributed by atoms with Crippen molar-refractivity contribution >= 4 is 44.7 Å². The molecule has 1 aliphatic carbocycles. The summed E-state index contributed by atoms with van der Waals surface area (Å²) in [6, 6.07) is 11.5. The predicted octanol–water partition coefficient (Wildman–Crippen LogP) is 4.94. The lowest BCUT2D eigenvalue weighted by Crippen LogP contribution is -2.73. The predicted molar refractivity (Wildman–Crippen MR) is 165 cm³/mol. The number of halogens is 2. The minimum atomic E-state index is -0.799. The van der Waals surface area contributed by atoms with Gasteiger partial charge in [0, 0.05) is 67.4 Å². The van der Waals surface area contributed by atoms with Gasteiger partial charge < -0.3 is 24.5 Å². The van der Waals surface area contributed by atoms with Crippen LogP contribution in [0.1, 0.15) is 35.1 Å². The Bertz CT molecular complexity index is 1890. The smallest absolute Gasteiger partial charge is 0.228 e. The van der Waals surface area contributed by atoms with E-state index in [4.69, 9.17) is 9.72 Å². The van der Waals surface area contributed by atoms with Crippen LogP contribution < -0.4 is 9.80 Å². The molecule has 2 aromatic heterocycles. The van der Waals surface area contributed by atoms with Crippen LogP contribution in [0.4, 0.5) is 25.3 Å². The molecule has 2 atom stereocenters. The highest BCUT2D eigenvalue weighted by molar-refractivity contribution is 7.16. The van der Waals surface area contributed by atoms with E-state index < -0.39 is 11.9 Å². The summed E-state index contributed by atoms with van der Waals surface area (Å²) in [5, 5.41) is 21.8. The highest BCUT2D eigenvalue weighted by Gasteiger charge is 2.54. The van der Waals surface area contributed by atoms with E-state index in [-0.39, 0.29) is 28.6 Å². The van der Waals surface area contributed by atoms with Crippen LogP contribution in [0.5, 0.6) is 0 Å². The van der Waals surface area contributed by atoms with Crippen molar-refractivity contribution in [1.29, 1.82) is 5.26 Å². The topological polar surface area (TPSA) is 106 Å². The number of aliphatic hydroxyl groups excluding tert-OH is 1. The number of carbonyl (C=O) groups is 1. The van der Waals surface area contributed by atoms with Crippen LogP contribution in [0.3, 0.4) is 0 Å². The third-order valence-corrected chi connectivity index (χ3v) is 10.7. The number of aromatic nitrogens is 2. The molecule has 0 saturated carbocycles. The molecule has 0 radical (unpaired) electrons. The zero-order chi connectivity index (χ0) is 31.0. The first kappa shape index (κ1) is 28.3. The highest BCUT2D eigenvalue weighted by atomic mass is 32.1. The van der Waals surface area contributed by atoms with Crippen LogP contribution in [0.2, 0.25) is 0 Å². The van der Waals surface area contributed by atoms with Crippen molar-refractivity contribution in [1.82, 2.24) is 14.9 Å². The van der Waals surface area contributed by atoms with E-state index in [2.05, 4.69) is 16.0 Å². The minimum absolute atomic E-state index is 0.0197. The summed E-state index contributed by atoms with van der Waals surface area (Å²) in [5.74, 6) is -0.719. The van der Waals surface area contributed by atoms with Gasteiger partial charge in [0.2, 0.25) is 5.91 Å². The first-order valence-electron chi connectivity index (χ1n) is 15.1. The van der Waals surface area contributed by atoms with E-state index in [9.17, 15) is 19.6 Å². The van der Waals surface area contributed by atoms with Crippen LogP contribution in [-0.2, 0) is 16.0 Å². The third kappa shape index (κ3) is 4.56. The number of hydrogen-bond acceptors (Lipinski definition) is 9. The molecular weight excluding hydrogens is 598 g/mol. The fourth-order valence-corrected chi connectivity index (χ4v) is 8.19. The molecule has 1 N–H and O–H groups in total. The molecule has 9 nitrogen and oxygen atoms in total. The third-order valence-electron chi connectivity index (χ3n) is 9.63. The number of benzene rings is 2. The molecule has 4 aliphatic rings. The number of pyridine rings is 1. The number of thiazole rings is 1. The summed E-state index contributed by atoms with van der Waals surface area (Å²) >= 11 is 1.20. The molecule has 3 saturated heterocycles. The molecule has 0 bridgehead atoms. The second-order valence-corrected chi connectivity index (χ2v) is 13.6. The van der Waals surface area contributed by atoms with Crippen molar-refractivity contribution < 1.29 is 23.4 Å². The van der Waals surface area contributed by atoms with Gasteiger partial charge in [-0.15, -0.1) is 0 Å². The standard InChI is InChI=1S/C33H30F2N6O3S/c1-39(32-38-27(26(12-36)45-32)18-2-4-20(34)5-3-18)30-22-6-7-25(42)29(22)37-28-23(30)10-21(11-24(28)35)40-14-33(15-40)16-41(17-33)31(43)19-8-9-44-13-19/h2-5,10-11,19,25,42H,6-9,13-17H2,1H3/t19-,25?/m1/s1. The Morgan fingerprint density at radius 2 is 1.93 bits per heavy atom. The Morgan fingerprint density at radius 3 is 2.64 bits per heavy atom.